The molecule has 0 atom stereocenters. The summed E-state index contributed by atoms with van der Waals surface area (Å²) in [6, 6.07) is 6.96. The molecule has 0 spiro atoms. The second-order valence-electron chi connectivity index (χ2n) is 7.34. The molecule has 3 N–H and O–H groups in total. The first kappa shape index (κ1) is 23.1. The summed E-state index contributed by atoms with van der Waals surface area (Å²) in [5.41, 5.74) is 4.87. The summed E-state index contributed by atoms with van der Waals surface area (Å²) >= 11 is 0. The fourth-order valence-corrected chi connectivity index (χ4v) is 3.02. The zero-order valence-corrected chi connectivity index (χ0v) is 17.9. The highest BCUT2D eigenvalue weighted by Crippen LogP contribution is 2.26. The molecule has 30 heavy (non-hydrogen) atoms. The maximum atomic E-state index is 13.0. The Morgan fingerprint density at radius 1 is 1.23 bits per heavy atom. The molecule has 1 aromatic carbocycles. The van der Waals surface area contributed by atoms with Gasteiger partial charge in [0.2, 0.25) is 0 Å². The fraction of sp³-hybridized carbons (Fsp3) is 0.476. The van der Waals surface area contributed by atoms with E-state index in [9.17, 15) is 14.4 Å². The third-order valence-corrected chi connectivity index (χ3v) is 4.49. The van der Waals surface area contributed by atoms with Crippen LogP contribution in [0.1, 0.15) is 33.6 Å². The van der Waals surface area contributed by atoms with Crippen molar-refractivity contribution in [3.63, 3.8) is 0 Å². The number of amides is 1. The second-order valence-corrected chi connectivity index (χ2v) is 7.34. The van der Waals surface area contributed by atoms with Crippen molar-refractivity contribution in [2.75, 3.05) is 30.9 Å². The van der Waals surface area contributed by atoms with Gasteiger partial charge in [0.1, 0.15) is 5.82 Å². The van der Waals surface area contributed by atoms with Crippen LogP contribution in [0.3, 0.4) is 0 Å². The molecule has 1 aromatic heterocycles. The Balaban J connectivity index is 2.38. The van der Waals surface area contributed by atoms with E-state index in [0.717, 1.165) is 6.42 Å². The van der Waals surface area contributed by atoms with Crippen LogP contribution in [0.2, 0.25) is 0 Å². The number of nitrogens with one attached hydrogen (secondary N) is 1. The SMILES string of the molecule is CCCCN(C(=O)COc1ccccc1OC)c1c(N)n(CC(C)C)c(=O)[nH]c1=O. The van der Waals surface area contributed by atoms with Gasteiger partial charge in [-0.25, -0.2) is 4.79 Å². The molecule has 0 fully saturated rings. The molecule has 0 aliphatic carbocycles. The van der Waals surface area contributed by atoms with Crippen LogP contribution in [-0.4, -0.2) is 35.7 Å². The maximum Gasteiger partial charge on any atom is 0.330 e. The summed E-state index contributed by atoms with van der Waals surface area (Å²) in [5.74, 6) is 0.557. The van der Waals surface area contributed by atoms with Gasteiger partial charge in [-0.2, -0.15) is 0 Å². The molecule has 1 heterocycles. The number of nitrogens with zero attached hydrogens (tertiary/aromatic N) is 2. The molecule has 0 radical (unpaired) electrons. The number of H-pyrrole nitrogens is 1. The van der Waals surface area contributed by atoms with E-state index < -0.39 is 17.2 Å². The minimum Gasteiger partial charge on any atom is -0.493 e. The number of para-hydroxylation sites is 2. The van der Waals surface area contributed by atoms with E-state index in [1.54, 1.807) is 24.3 Å². The van der Waals surface area contributed by atoms with Crippen LogP contribution in [-0.2, 0) is 11.3 Å². The molecule has 2 rings (SSSR count). The Morgan fingerprint density at radius 2 is 1.90 bits per heavy atom. The van der Waals surface area contributed by atoms with Crippen molar-refractivity contribution in [3.8, 4) is 11.5 Å². The molecule has 0 aliphatic rings. The molecule has 0 saturated heterocycles. The third kappa shape index (κ3) is 5.43. The summed E-state index contributed by atoms with van der Waals surface area (Å²) in [6.45, 7) is 6.11. The quantitative estimate of drug-likeness (QED) is 0.609. The number of nitrogen functional groups attached to an aromatic ring is 1. The number of carbonyl (C=O) groups is 1. The zero-order chi connectivity index (χ0) is 22.3. The van der Waals surface area contributed by atoms with E-state index in [-0.39, 0.29) is 30.6 Å². The van der Waals surface area contributed by atoms with Gasteiger partial charge < -0.3 is 20.1 Å². The lowest BCUT2D eigenvalue weighted by atomic mass is 10.2. The number of benzene rings is 1. The number of aromatic amines is 1. The number of methoxy groups -OCH3 is 1. The lowest BCUT2D eigenvalue weighted by Crippen LogP contribution is -2.43. The van der Waals surface area contributed by atoms with Crippen molar-refractivity contribution in [2.24, 2.45) is 5.92 Å². The molecule has 0 aliphatic heterocycles. The van der Waals surface area contributed by atoms with Crippen molar-refractivity contribution in [1.29, 1.82) is 0 Å². The largest absolute Gasteiger partial charge is 0.493 e. The van der Waals surface area contributed by atoms with E-state index in [2.05, 4.69) is 4.98 Å². The number of nitrogens with two attached hydrogens (primary N) is 1. The molecular weight excluding hydrogens is 388 g/mol. The highest BCUT2D eigenvalue weighted by molar-refractivity contribution is 5.96. The van der Waals surface area contributed by atoms with Crippen LogP contribution >= 0.6 is 0 Å². The molecule has 9 heteroatoms. The molecular formula is C21H30N4O5. The first-order valence-electron chi connectivity index (χ1n) is 9.98. The number of hydrogen-bond acceptors (Lipinski definition) is 6. The van der Waals surface area contributed by atoms with Crippen LogP contribution in [0.5, 0.6) is 11.5 Å². The van der Waals surface area contributed by atoms with Gasteiger partial charge in [0.15, 0.2) is 23.8 Å². The molecule has 164 valence electrons. The number of hydrogen-bond donors (Lipinski definition) is 2. The van der Waals surface area contributed by atoms with E-state index in [1.807, 2.05) is 20.8 Å². The zero-order valence-electron chi connectivity index (χ0n) is 17.9. The Labute approximate surface area is 175 Å². The number of carbonyl (C=O) groups excluding carboxylic acids is 1. The van der Waals surface area contributed by atoms with Crippen molar-refractivity contribution in [3.05, 3.63) is 45.1 Å². The van der Waals surface area contributed by atoms with Crippen LogP contribution < -0.4 is 31.4 Å². The summed E-state index contributed by atoms with van der Waals surface area (Å²) in [5, 5.41) is 0. The first-order chi connectivity index (χ1) is 14.3. The highest BCUT2D eigenvalue weighted by atomic mass is 16.5. The average Bonchev–Trinajstić information content (AvgIpc) is 2.71. The minimum absolute atomic E-state index is 0.0285. The van der Waals surface area contributed by atoms with E-state index in [1.165, 1.54) is 16.6 Å². The van der Waals surface area contributed by atoms with Crippen molar-refractivity contribution >= 4 is 17.4 Å². The molecule has 1 amide bonds. The van der Waals surface area contributed by atoms with Gasteiger partial charge in [-0.05, 0) is 24.5 Å². The Hall–Kier alpha value is -3.23. The van der Waals surface area contributed by atoms with Gasteiger partial charge in [0.25, 0.3) is 11.5 Å². The summed E-state index contributed by atoms with van der Waals surface area (Å²) in [7, 11) is 1.51. The topological polar surface area (TPSA) is 120 Å². The summed E-state index contributed by atoms with van der Waals surface area (Å²) in [4.78, 5) is 41.4. The van der Waals surface area contributed by atoms with Gasteiger partial charge in [0, 0.05) is 13.1 Å². The first-order valence-corrected chi connectivity index (χ1v) is 9.98. The van der Waals surface area contributed by atoms with Crippen LogP contribution in [0.4, 0.5) is 11.5 Å². The van der Waals surface area contributed by atoms with Crippen LogP contribution in [0.15, 0.2) is 33.9 Å². The van der Waals surface area contributed by atoms with Crippen molar-refractivity contribution < 1.29 is 14.3 Å². The molecule has 0 bridgehead atoms. The molecule has 2 aromatic rings. The van der Waals surface area contributed by atoms with Crippen LogP contribution in [0, 0.1) is 5.92 Å². The predicted octanol–water partition coefficient (Wildman–Crippen LogP) is 2.00. The summed E-state index contributed by atoms with van der Waals surface area (Å²) in [6.07, 6.45) is 1.46. The normalized spacial score (nSPS) is 10.8. The monoisotopic (exact) mass is 418 g/mol. The van der Waals surface area contributed by atoms with Crippen molar-refractivity contribution in [1.82, 2.24) is 9.55 Å². The van der Waals surface area contributed by atoms with Gasteiger partial charge in [0.05, 0.1) is 7.11 Å². The van der Waals surface area contributed by atoms with E-state index >= 15 is 0 Å². The number of aromatic nitrogens is 2. The Morgan fingerprint density at radius 3 is 2.50 bits per heavy atom. The Bertz CT molecular complexity index is 980. The minimum atomic E-state index is -0.695. The van der Waals surface area contributed by atoms with Gasteiger partial charge in [-0.1, -0.05) is 39.3 Å². The van der Waals surface area contributed by atoms with Crippen molar-refractivity contribution in [2.45, 2.75) is 40.2 Å². The van der Waals surface area contributed by atoms with Gasteiger partial charge in [-0.3, -0.25) is 19.1 Å². The second kappa shape index (κ2) is 10.5. The lowest BCUT2D eigenvalue weighted by Gasteiger charge is -2.25. The predicted molar refractivity (Wildman–Crippen MR) is 116 cm³/mol. The average molecular weight is 418 g/mol. The number of ether oxygens (including phenoxy) is 2. The Kier molecular flexibility index (Phi) is 8.08. The third-order valence-electron chi connectivity index (χ3n) is 4.49. The van der Waals surface area contributed by atoms with Crippen LogP contribution in [0.25, 0.3) is 0 Å². The molecule has 0 saturated carbocycles. The number of unbranched alkanes of at least 4 members (excludes halogenated alkanes) is 1. The maximum absolute atomic E-state index is 13.0. The van der Waals surface area contributed by atoms with E-state index in [4.69, 9.17) is 15.2 Å². The number of anilines is 2. The van der Waals surface area contributed by atoms with E-state index in [0.29, 0.717) is 24.5 Å². The number of rotatable bonds is 10. The van der Waals surface area contributed by atoms with Gasteiger partial charge >= 0.3 is 5.69 Å². The standard InChI is InChI=1S/C21H30N4O5/c1-5-6-11-24(17(26)13-30-16-10-8-7-9-15(16)29-4)18-19(22)25(12-14(2)3)21(28)23-20(18)27/h7-10,14H,5-6,11-13,22H2,1-4H3,(H,23,27,28). The smallest absolute Gasteiger partial charge is 0.330 e. The lowest BCUT2D eigenvalue weighted by molar-refractivity contribution is -0.120. The highest BCUT2D eigenvalue weighted by Gasteiger charge is 2.24. The molecule has 9 nitrogen and oxygen atoms in total. The van der Waals surface area contributed by atoms with Gasteiger partial charge in [-0.15, -0.1) is 0 Å². The molecule has 0 unspecified atom stereocenters. The fourth-order valence-electron chi connectivity index (χ4n) is 3.02. The summed E-state index contributed by atoms with van der Waals surface area (Å²) < 4.78 is 12.1.